The molecule has 2 aromatic carbocycles. The third-order valence-corrected chi connectivity index (χ3v) is 2.96. The molecule has 2 aromatic rings. The molecule has 0 fully saturated rings. The van der Waals surface area contributed by atoms with Gasteiger partial charge in [0.1, 0.15) is 0 Å². The van der Waals surface area contributed by atoms with Gasteiger partial charge in [0.25, 0.3) is 5.91 Å². The maximum Gasteiger partial charge on any atom is 0.277 e. The number of nitrogens with one attached hydrogen (secondary N) is 1. The maximum absolute atomic E-state index is 12.2. The Morgan fingerprint density at radius 2 is 1.50 bits per heavy atom. The third kappa shape index (κ3) is 1.57. The highest BCUT2D eigenvalue weighted by Gasteiger charge is 2.30. The Bertz CT molecular complexity index is 584. The van der Waals surface area contributed by atoms with E-state index in [0.29, 0.717) is 11.3 Å². The smallest absolute Gasteiger partial charge is 0.277 e. The highest BCUT2D eigenvalue weighted by molar-refractivity contribution is 6.09. The lowest BCUT2D eigenvalue weighted by Crippen LogP contribution is -2.28. The molecule has 1 amide bonds. The van der Waals surface area contributed by atoms with Crippen molar-refractivity contribution < 1.29 is 4.79 Å². The normalized spacial score (nSPS) is 13.7. The molecule has 0 radical (unpaired) electrons. The van der Waals surface area contributed by atoms with E-state index in [1.807, 2.05) is 54.6 Å². The summed E-state index contributed by atoms with van der Waals surface area (Å²) in [4.78, 5) is 12.2. The van der Waals surface area contributed by atoms with Gasteiger partial charge in [-0.1, -0.05) is 43.0 Å². The van der Waals surface area contributed by atoms with Gasteiger partial charge in [0, 0.05) is 5.56 Å². The zero-order chi connectivity index (χ0) is 12.5. The molecule has 88 valence electrons. The van der Waals surface area contributed by atoms with Crippen molar-refractivity contribution in [3.8, 4) is 0 Å². The molecule has 0 atom stereocenters. The van der Waals surface area contributed by atoms with Crippen LogP contribution in [0.4, 0.5) is 5.69 Å². The molecule has 0 bridgehead atoms. The van der Waals surface area contributed by atoms with Gasteiger partial charge < -0.3 is 0 Å². The molecule has 1 N–H and O–H groups in total. The standard InChI is InChI=1S/C15H12N2O/c1-11-13-9-5-6-10-14(13)15(18)17(11)16-12-7-3-2-4-8-12/h2-10,16H,1H2. The number of fused-ring (bicyclic) bond motifs is 1. The Kier molecular flexibility index (Phi) is 2.38. The second-order valence-corrected chi connectivity index (χ2v) is 4.11. The van der Waals surface area contributed by atoms with Crippen molar-refractivity contribution >= 4 is 17.3 Å². The van der Waals surface area contributed by atoms with Crippen molar-refractivity contribution in [3.05, 3.63) is 72.3 Å². The largest absolute Gasteiger partial charge is 0.291 e. The number of amides is 1. The third-order valence-electron chi connectivity index (χ3n) is 2.96. The predicted molar refractivity (Wildman–Crippen MR) is 71.7 cm³/mol. The van der Waals surface area contributed by atoms with Crippen LogP contribution in [0.5, 0.6) is 0 Å². The van der Waals surface area contributed by atoms with E-state index in [2.05, 4.69) is 12.0 Å². The number of anilines is 1. The summed E-state index contributed by atoms with van der Waals surface area (Å²) in [5, 5.41) is 1.49. The van der Waals surface area contributed by atoms with Crippen molar-refractivity contribution in [1.29, 1.82) is 0 Å². The minimum absolute atomic E-state index is 0.0700. The number of hydrogen-bond acceptors (Lipinski definition) is 2. The topological polar surface area (TPSA) is 32.3 Å². The fraction of sp³-hybridized carbons (Fsp3) is 0. The second-order valence-electron chi connectivity index (χ2n) is 4.11. The molecule has 18 heavy (non-hydrogen) atoms. The van der Waals surface area contributed by atoms with E-state index in [-0.39, 0.29) is 5.91 Å². The van der Waals surface area contributed by atoms with Crippen molar-refractivity contribution in [2.45, 2.75) is 0 Å². The van der Waals surface area contributed by atoms with Gasteiger partial charge in [-0.2, -0.15) is 0 Å². The van der Waals surface area contributed by atoms with Crippen LogP contribution >= 0.6 is 0 Å². The van der Waals surface area contributed by atoms with Gasteiger partial charge in [-0.3, -0.25) is 10.2 Å². The van der Waals surface area contributed by atoms with E-state index in [0.717, 1.165) is 11.3 Å². The summed E-state index contributed by atoms with van der Waals surface area (Å²) in [5.74, 6) is -0.0700. The lowest BCUT2D eigenvalue weighted by molar-refractivity contribution is 0.0874. The Morgan fingerprint density at radius 3 is 2.17 bits per heavy atom. The first-order chi connectivity index (χ1) is 8.77. The Balaban J connectivity index is 1.93. The molecule has 0 unspecified atom stereocenters. The number of benzene rings is 2. The van der Waals surface area contributed by atoms with Crippen LogP contribution in [0.2, 0.25) is 0 Å². The Labute approximate surface area is 105 Å². The zero-order valence-corrected chi connectivity index (χ0v) is 9.76. The first kappa shape index (κ1) is 10.6. The van der Waals surface area contributed by atoms with E-state index in [4.69, 9.17) is 0 Å². The van der Waals surface area contributed by atoms with Gasteiger partial charge in [-0.05, 0) is 18.2 Å². The van der Waals surface area contributed by atoms with E-state index in [1.165, 1.54) is 5.01 Å². The zero-order valence-electron chi connectivity index (χ0n) is 9.76. The van der Waals surface area contributed by atoms with Crippen LogP contribution in [0.25, 0.3) is 5.70 Å². The summed E-state index contributed by atoms with van der Waals surface area (Å²) in [6.45, 7) is 3.97. The lowest BCUT2D eigenvalue weighted by atomic mass is 10.1. The lowest BCUT2D eigenvalue weighted by Gasteiger charge is -2.19. The van der Waals surface area contributed by atoms with Gasteiger partial charge in [0.15, 0.2) is 0 Å². The average Bonchev–Trinajstić information content (AvgIpc) is 2.66. The van der Waals surface area contributed by atoms with Crippen molar-refractivity contribution in [3.63, 3.8) is 0 Å². The maximum atomic E-state index is 12.2. The molecule has 3 rings (SSSR count). The average molecular weight is 236 g/mol. The molecule has 0 spiro atoms. The quantitative estimate of drug-likeness (QED) is 0.868. The van der Waals surface area contributed by atoms with Gasteiger partial charge in [0.05, 0.1) is 16.9 Å². The summed E-state index contributed by atoms with van der Waals surface area (Å²) in [6.07, 6.45) is 0. The molecule has 1 aliphatic heterocycles. The number of carbonyl (C=O) groups excluding carboxylic acids is 1. The van der Waals surface area contributed by atoms with Gasteiger partial charge >= 0.3 is 0 Å². The Morgan fingerprint density at radius 1 is 0.889 bits per heavy atom. The van der Waals surface area contributed by atoms with Crippen molar-refractivity contribution in [2.75, 3.05) is 5.43 Å². The number of carbonyl (C=O) groups is 1. The van der Waals surface area contributed by atoms with Crippen LogP contribution in [0, 0.1) is 0 Å². The van der Waals surface area contributed by atoms with E-state index < -0.39 is 0 Å². The van der Waals surface area contributed by atoms with Crippen LogP contribution in [-0.4, -0.2) is 10.9 Å². The molecular weight excluding hydrogens is 224 g/mol. The molecule has 3 heteroatoms. The number of hydrogen-bond donors (Lipinski definition) is 1. The number of hydrazine groups is 1. The summed E-state index contributed by atoms with van der Waals surface area (Å²) in [6, 6.07) is 17.1. The van der Waals surface area contributed by atoms with Crippen molar-refractivity contribution in [2.24, 2.45) is 0 Å². The molecule has 0 saturated heterocycles. The number of para-hydroxylation sites is 1. The first-order valence-electron chi connectivity index (χ1n) is 5.72. The minimum Gasteiger partial charge on any atom is -0.291 e. The summed E-state index contributed by atoms with van der Waals surface area (Å²) < 4.78 is 0. The van der Waals surface area contributed by atoms with Crippen LogP contribution in [-0.2, 0) is 0 Å². The molecule has 0 saturated carbocycles. The van der Waals surface area contributed by atoms with Crippen molar-refractivity contribution in [1.82, 2.24) is 5.01 Å². The number of nitrogens with zero attached hydrogens (tertiary/aromatic N) is 1. The van der Waals surface area contributed by atoms with Crippen LogP contribution in [0.3, 0.4) is 0 Å². The number of rotatable bonds is 2. The van der Waals surface area contributed by atoms with Crippen LogP contribution < -0.4 is 5.43 Å². The summed E-state index contributed by atoms with van der Waals surface area (Å²) in [5.41, 5.74) is 6.18. The molecule has 0 aliphatic carbocycles. The van der Waals surface area contributed by atoms with Gasteiger partial charge in [0.2, 0.25) is 0 Å². The highest BCUT2D eigenvalue weighted by atomic mass is 16.2. The minimum atomic E-state index is -0.0700. The van der Waals surface area contributed by atoms with Gasteiger partial charge in [-0.15, -0.1) is 0 Å². The molecular formula is C15H12N2O. The van der Waals surface area contributed by atoms with Crippen LogP contribution in [0.15, 0.2) is 61.2 Å². The van der Waals surface area contributed by atoms with E-state index >= 15 is 0 Å². The highest BCUT2D eigenvalue weighted by Crippen LogP contribution is 2.31. The molecule has 3 nitrogen and oxygen atoms in total. The Hall–Kier alpha value is -2.55. The second kappa shape index (κ2) is 4.04. The van der Waals surface area contributed by atoms with E-state index in [9.17, 15) is 4.79 Å². The summed E-state index contributed by atoms with van der Waals surface area (Å²) in [7, 11) is 0. The molecule has 1 aliphatic rings. The molecule has 0 aromatic heterocycles. The first-order valence-corrected chi connectivity index (χ1v) is 5.72. The molecule has 1 heterocycles. The van der Waals surface area contributed by atoms with Gasteiger partial charge in [-0.25, -0.2) is 5.01 Å². The predicted octanol–water partition coefficient (Wildman–Crippen LogP) is 3.14. The SMILES string of the molecule is C=C1c2ccccc2C(=O)N1Nc1ccccc1. The fourth-order valence-electron chi connectivity index (χ4n) is 2.04. The summed E-state index contributed by atoms with van der Waals surface area (Å²) >= 11 is 0. The van der Waals surface area contributed by atoms with E-state index in [1.54, 1.807) is 0 Å². The van der Waals surface area contributed by atoms with Crippen LogP contribution in [0.1, 0.15) is 15.9 Å². The fourth-order valence-corrected chi connectivity index (χ4v) is 2.04. The monoisotopic (exact) mass is 236 g/mol.